The number of carbonyl (C=O) groups excluding carboxylic acids is 4. The fourth-order valence-electron chi connectivity index (χ4n) is 6.82. The smallest absolute Gasteiger partial charge is 0.407 e. The van der Waals surface area contributed by atoms with Gasteiger partial charge < -0.3 is 29.6 Å². The number of thioether (sulfide) groups is 1. The number of ether oxygens (including phenoxy) is 4. The second-order valence-corrected chi connectivity index (χ2v) is 15.1. The van der Waals surface area contributed by atoms with Gasteiger partial charge >= 0.3 is 24.1 Å². The summed E-state index contributed by atoms with van der Waals surface area (Å²) >= 11 is 1.15. The molecular weight excluding hydrogens is 705 g/mol. The zero-order valence-electron chi connectivity index (χ0n) is 30.5. The van der Waals surface area contributed by atoms with Crippen molar-refractivity contribution in [3.05, 3.63) is 132 Å². The number of nitrogens with one attached hydrogen (secondary N) is 2. The molecule has 0 spiro atoms. The minimum absolute atomic E-state index is 0.00579. The lowest BCUT2D eigenvalue weighted by Gasteiger charge is -2.25. The summed E-state index contributed by atoms with van der Waals surface area (Å²) < 4.78 is 22.3. The van der Waals surface area contributed by atoms with Crippen LogP contribution < -0.4 is 10.6 Å². The highest BCUT2D eigenvalue weighted by Gasteiger charge is 2.33. The number of fused-ring (bicyclic) bond motifs is 6. The molecule has 0 heterocycles. The van der Waals surface area contributed by atoms with E-state index in [0.717, 1.165) is 56.3 Å². The van der Waals surface area contributed by atoms with Crippen LogP contribution >= 0.6 is 11.8 Å². The molecule has 10 nitrogen and oxygen atoms in total. The molecule has 2 atom stereocenters. The fourth-order valence-corrected chi connectivity index (χ4v) is 7.87. The van der Waals surface area contributed by atoms with Gasteiger partial charge in [-0.3, -0.25) is 0 Å². The van der Waals surface area contributed by atoms with E-state index in [0.29, 0.717) is 0 Å². The zero-order valence-corrected chi connectivity index (χ0v) is 31.4. The lowest BCUT2D eigenvalue weighted by Crippen LogP contribution is -2.47. The highest BCUT2D eigenvalue weighted by atomic mass is 32.2. The van der Waals surface area contributed by atoms with Gasteiger partial charge in [0.1, 0.15) is 37.5 Å². The van der Waals surface area contributed by atoms with Gasteiger partial charge in [0.15, 0.2) is 0 Å². The predicted octanol–water partition coefficient (Wildman–Crippen LogP) is 7.61. The molecule has 0 bridgehead atoms. The highest BCUT2D eigenvalue weighted by Crippen LogP contribution is 2.45. The molecule has 4 aromatic rings. The monoisotopic (exact) mass is 748 g/mol. The van der Waals surface area contributed by atoms with Crippen molar-refractivity contribution in [2.45, 2.75) is 50.3 Å². The van der Waals surface area contributed by atoms with Crippen molar-refractivity contribution in [3.63, 3.8) is 0 Å². The summed E-state index contributed by atoms with van der Waals surface area (Å²) in [6, 6.07) is 29.7. The van der Waals surface area contributed by atoms with Crippen molar-refractivity contribution in [1.82, 2.24) is 10.6 Å². The average molecular weight is 749 g/mol. The Hall–Kier alpha value is -5.55. The van der Waals surface area contributed by atoms with Crippen LogP contribution in [0, 0.1) is 0 Å². The normalized spacial score (nSPS) is 14.0. The maximum Gasteiger partial charge on any atom is 0.407 e. The van der Waals surface area contributed by atoms with Gasteiger partial charge in [-0.15, -0.1) is 0 Å². The van der Waals surface area contributed by atoms with Crippen LogP contribution in [0.4, 0.5) is 9.59 Å². The van der Waals surface area contributed by atoms with Gasteiger partial charge in [0.2, 0.25) is 0 Å². The Kier molecular flexibility index (Phi) is 12.1. The van der Waals surface area contributed by atoms with Crippen molar-refractivity contribution in [1.29, 1.82) is 0 Å². The molecule has 0 saturated heterocycles. The van der Waals surface area contributed by atoms with Gasteiger partial charge in [0.05, 0.1) is 0 Å². The maximum atomic E-state index is 13.3. The third-order valence-corrected chi connectivity index (χ3v) is 10.3. The Labute approximate surface area is 319 Å². The van der Waals surface area contributed by atoms with E-state index in [4.69, 9.17) is 18.9 Å². The molecule has 0 aliphatic heterocycles. The summed E-state index contributed by atoms with van der Waals surface area (Å²) in [6.07, 6.45) is -0.155. The van der Waals surface area contributed by atoms with E-state index in [1.807, 2.05) is 97.1 Å². The zero-order chi connectivity index (χ0) is 38.2. The Morgan fingerprint density at radius 1 is 0.630 bits per heavy atom. The highest BCUT2D eigenvalue weighted by molar-refractivity contribution is 7.99. The Balaban J connectivity index is 1.08. The summed E-state index contributed by atoms with van der Waals surface area (Å²) in [7, 11) is 0. The first-order chi connectivity index (χ1) is 26.0. The first-order valence-electron chi connectivity index (χ1n) is 17.8. The van der Waals surface area contributed by atoms with Crippen LogP contribution in [0.1, 0.15) is 54.9 Å². The van der Waals surface area contributed by atoms with E-state index < -0.39 is 41.8 Å². The summed E-state index contributed by atoms with van der Waals surface area (Å²) in [4.78, 5) is 52.7. The Morgan fingerprint density at radius 3 is 1.37 bits per heavy atom. The van der Waals surface area contributed by atoms with Crippen molar-refractivity contribution in [3.8, 4) is 22.3 Å². The van der Waals surface area contributed by atoms with Crippen LogP contribution in [0.15, 0.2) is 110 Å². The number of benzene rings is 4. The molecule has 54 heavy (non-hydrogen) atoms. The molecule has 4 aromatic carbocycles. The number of amides is 2. The van der Waals surface area contributed by atoms with Gasteiger partial charge in [-0.1, -0.05) is 110 Å². The Morgan fingerprint density at radius 2 is 1.00 bits per heavy atom. The summed E-state index contributed by atoms with van der Waals surface area (Å²) in [5.74, 6) is -1.68. The van der Waals surface area contributed by atoms with Crippen molar-refractivity contribution in [2.75, 3.05) is 31.3 Å². The van der Waals surface area contributed by atoms with Crippen LogP contribution in [-0.2, 0) is 28.5 Å². The molecule has 2 aliphatic carbocycles. The predicted molar refractivity (Wildman–Crippen MR) is 208 cm³/mol. The van der Waals surface area contributed by atoms with Gasteiger partial charge in [-0.05, 0) is 65.3 Å². The molecule has 0 radical (unpaired) electrons. The standard InChI is InChI=1S/C43H44N2O8S/c1-5-22-50-39(46)37(44-41(48)51-23-35-31-18-10-6-14-27(31)28-15-7-11-19-32(28)35)25-54-26-38(40(47)53-43(2,3)4)45-42(49)52-24-36-33-20-12-8-16-29(33)30-17-9-13-21-34(30)36/h5-21,35-38H,1,22-26H2,2-4H3,(H,44,48)(H,45,49)/t37-,38-/m1/s1. The molecule has 0 aromatic heterocycles. The van der Waals surface area contributed by atoms with E-state index in [2.05, 4.69) is 17.2 Å². The molecular formula is C43H44N2O8S. The lowest BCUT2D eigenvalue weighted by molar-refractivity contribution is -0.156. The van der Waals surface area contributed by atoms with Crippen LogP contribution in [0.5, 0.6) is 0 Å². The van der Waals surface area contributed by atoms with Gasteiger partial charge in [0, 0.05) is 23.3 Å². The molecule has 0 fully saturated rings. The van der Waals surface area contributed by atoms with Crippen LogP contribution in [0.2, 0.25) is 0 Å². The van der Waals surface area contributed by atoms with Gasteiger partial charge in [-0.2, -0.15) is 11.8 Å². The minimum Gasteiger partial charge on any atom is -0.460 e. The summed E-state index contributed by atoms with van der Waals surface area (Å²) in [5.41, 5.74) is 7.78. The van der Waals surface area contributed by atoms with Crippen molar-refractivity contribution >= 4 is 35.9 Å². The number of rotatable bonds is 14. The fraction of sp³-hybridized carbons (Fsp3) is 0.302. The molecule has 2 amide bonds. The third-order valence-electron chi connectivity index (χ3n) is 9.16. The summed E-state index contributed by atoms with van der Waals surface area (Å²) in [5, 5.41) is 5.29. The first-order valence-corrected chi connectivity index (χ1v) is 19.0. The van der Waals surface area contributed by atoms with E-state index in [1.165, 1.54) is 6.08 Å². The molecule has 6 rings (SSSR count). The molecule has 0 unspecified atom stereocenters. The first kappa shape index (κ1) is 38.2. The number of alkyl carbamates (subject to hydrolysis) is 2. The second-order valence-electron chi connectivity index (χ2n) is 14.0. The number of esters is 2. The minimum atomic E-state index is -1.13. The maximum absolute atomic E-state index is 13.3. The molecule has 2 N–H and O–H groups in total. The quantitative estimate of drug-likeness (QED) is 0.0761. The van der Waals surface area contributed by atoms with Crippen LogP contribution in [0.25, 0.3) is 22.3 Å². The molecule has 0 saturated carbocycles. The van der Waals surface area contributed by atoms with E-state index in [1.54, 1.807) is 20.8 Å². The largest absolute Gasteiger partial charge is 0.460 e. The van der Waals surface area contributed by atoms with Crippen molar-refractivity contribution in [2.24, 2.45) is 0 Å². The van der Waals surface area contributed by atoms with E-state index in [9.17, 15) is 19.2 Å². The SMILES string of the molecule is C=CCOC(=O)[C@@H](CSC[C@@H](NC(=O)OCC1c2ccccc2-c2ccccc21)C(=O)OC(C)(C)C)NC(=O)OCC1c2ccccc2-c2ccccc21. The second kappa shape index (κ2) is 17.1. The van der Waals surface area contributed by atoms with E-state index in [-0.39, 0.29) is 43.2 Å². The van der Waals surface area contributed by atoms with Crippen LogP contribution in [0.3, 0.4) is 0 Å². The molecule has 280 valence electrons. The average Bonchev–Trinajstić information content (AvgIpc) is 3.66. The number of hydrogen-bond acceptors (Lipinski definition) is 9. The Bertz CT molecular complexity index is 1930. The van der Waals surface area contributed by atoms with Crippen LogP contribution in [-0.4, -0.2) is 73.1 Å². The molecule has 11 heteroatoms. The van der Waals surface area contributed by atoms with Gasteiger partial charge in [-0.25, -0.2) is 19.2 Å². The lowest BCUT2D eigenvalue weighted by atomic mass is 9.98. The van der Waals surface area contributed by atoms with Crippen molar-refractivity contribution < 1.29 is 38.1 Å². The van der Waals surface area contributed by atoms with E-state index >= 15 is 0 Å². The van der Waals surface area contributed by atoms with Gasteiger partial charge in [0.25, 0.3) is 0 Å². The topological polar surface area (TPSA) is 129 Å². The number of carbonyl (C=O) groups is 4. The molecule has 2 aliphatic rings. The summed E-state index contributed by atoms with van der Waals surface area (Å²) in [6.45, 7) is 8.84. The third kappa shape index (κ3) is 8.97. The number of hydrogen-bond donors (Lipinski definition) is 2.